The first kappa shape index (κ1) is 17.6. The molecule has 4 nitrogen and oxygen atoms in total. The Hall–Kier alpha value is -1.18. The molecular formula is C17H20N2O2S3. The Kier molecular flexibility index (Phi) is 6.08. The van der Waals surface area contributed by atoms with Gasteiger partial charge in [0.05, 0.1) is 4.91 Å². The van der Waals surface area contributed by atoms with Crippen molar-refractivity contribution >= 4 is 57.5 Å². The highest BCUT2D eigenvalue weighted by Gasteiger charge is 2.32. The largest absolute Gasteiger partial charge is 0.343 e. The van der Waals surface area contributed by atoms with Gasteiger partial charge in [-0.05, 0) is 30.4 Å². The number of carbonyl (C=O) groups excluding carboxylic acids is 2. The van der Waals surface area contributed by atoms with Crippen LogP contribution in [-0.2, 0) is 9.59 Å². The highest BCUT2D eigenvalue weighted by atomic mass is 32.2. The predicted octanol–water partition coefficient (Wildman–Crippen LogP) is 3.74. The van der Waals surface area contributed by atoms with Crippen LogP contribution in [0.1, 0.15) is 37.0 Å². The lowest BCUT2D eigenvalue weighted by atomic mass is 10.2. The Bertz CT molecular complexity index is 647. The van der Waals surface area contributed by atoms with E-state index in [4.69, 9.17) is 12.2 Å². The number of thiocarbonyl (C=S) groups is 1. The van der Waals surface area contributed by atoms with Gasteiger partial charge in [0.2, 0.25) is 5.91 Å². The van der Waals surface area contributed by atoms with Crippen LogP contribution in [0.3, 0.4) is 0 Å². The molecule has 3 rings (SSSR count). The molecule has 7 heteroatoms. The van der Waals surface area contributed by atoms with Crippen LogP contribution in [0.5, 0.6) is 0 Å². The third-order valence-corrected chi connectivity index (χ3v) is 6.40. The van der Waals surface area contributed by atoms with E-state index in [1.54, 1.807) is 16.2 Å². The topological polar surface area (TPSA) is 40.6 Å². The predicted molar refractivity (Wildman–Crippen MR) is 104 cm³/mol. The second-order valence-electron chi connectivity index (χ2n) is 5.89. The van der Waals surface area contributed by atoms with Crippen molar-refractivity contribution in [2.45, 2.75) is 32.1 Å². The number of amides is 2. The fourth-order valence-corrected chi connectivity index (χ4v) is 4.91. The first-order valence-corrected chi connectivity index (χ1v) is 10.3. The van der Waals surface area contributed by atoms with E-state index < -0.39 is 0 Å². The Morgan fingerprint density at radius 2 is 2.00 bits per heavy atom. The minimum absolute atomic E-state index is 0.0814. The second-order valence-corrected chi connectivity index (χ2v) is 8.55. The van der Waals surface area contributed by atoms with Crippen molar-refractivity contribution in [2.75, 3.05) is 19.6 Å². The standard InChI is InChI=1S/C17H20N2O2S3/c20-15(18-8-3-1-2-4-9-18)7-10-19-16(21)14(24-17(19)22)12-13-6-5-11-23-13/h5-6,11-12H,1-4,7-10H2. The third kappa shape index (κ3) is 4.26. The van der Waals surface area contributed by atoms with E-state index in [1.807, 2.05) is 28.5 Å². The molecule has 1 aromatic rings. The first-order valence-electron chi connectivity index (χ1n) is 8.22. The summed E-state index contributed by atoms with van der Waals surface area (Å²) in [5.74, 6) is 0.0512. The summed E-state index contributed by atoms with van der Waals surface area (Å²) in [5.41, 5.74) is 0. The van der Waals surface area contributed by atoms with E-state index in [0.717, 1.165) is 30.8 Å². The number of thioether (sulfide) groups is 1. The Morgan fingerprint density at radius 3 is 2.67 bits per heavy atom. The van der Waals surface area contributed by atoms with Gasteiger partial charge in [0.15, 0.2) is 0 Å². The fraction of sp³-hybridized carbons (Fsp3) is 0.471. The SMILES string of the molecule is O=C(CCN1C(=O)C(=Cc2cccs2)SC1=S)N1CCCCCC1. The van der Waals surface area contributed by atoms with E-state index in [0.29, 0.717) is 22.2 Å². The fourth-order valence-electron chi connectivity index (χ4n) is 2.88. The molecule has 0 atom stereocenters. The van der Waals surface area contributed by atoms with Crippen LogP contribution in [-0.4, -0.2) is 45.6 Å². The van der Waals surface area contributed by atoms with Gasteiger partial charge in [0.25, 0.3) is 5.91 Å². The molecule has 2 aliphatic rings. The van der Waals surface area contributed by atoms with Gasteiger partial charge in [-0.3, -0.25) is 14.5 Å². The van der Waals surface area contributed by atoms with Crippen LogP contribution in [0.2, 0.25) is 0 Å². The van der Waals surface area contributed by atoms with Gasteiger partial charge < -0.3 is 4.90 Å². The van der Waals surface area contributed by atoms with Crippen molar-refractivity contribution in [1.82, 2.24) is 9.80 Å². The van der Waals surface area contributed by atoms with Crippen molar-refractivity contribution < 1.29 is 9.59 Å². The smallest absolute Gasteiger partial charge is 0.266 e. The van der Waals surface area contributed by atoms with E-state index in [-0.39, 0.29) is 11.8 Å². The number of nitrogens with zero attached hydrogens (tertiary/aromatic N) is 2. The Morgan fingerprint density at radius 1 is 1.25 bits per heavy atom. The van der Waals surface area contributed by atoms with Gasteiger partial charge in [-0.25, -0.2) is 0 Å². The van der Waals surface area contributed by atoms with E-state index in [9.17, 15) is 9.59 Å². The van der Waals surface area contributed by atoms with Crippen molar-refractivity contribution in [2.24, 2.45) is 0 Å². The Labute approximate surface area is 155 Å². The molecule has 0 aliphatic carbocycles. The second kappa shape index (κ2) is 8.27. The summed E-state index contributed by atoms with van der Waals surface area (Å²) in [4.78, 5) is 30.1. The zero-order valence-electron chi connectivity index (χ0n) is 13.4. The molecule has 0 saturated carbocycles. The van der Waals surface area contributed by atoms with E-state index in [1.165, 1.54) is 24.6 Å². The zero-order valence-corrected chi connectivity index (χ0v) is 15.9. The van der Waals surface area contributed by atoms with Gasteiger partial charge in [-0.1, -0.05) is 42.9 Å². The quantitative estimate of drug-likeness (QED) is 0.589. The molecule has 2 amide bonds. The minimum Gasteiger partial charge on any atom is -0.343 e. The monoisotopic (exact) mass is 380 g/mol. The van der Waals surface area contributed by atoms with Crippen LogP contribution in [0.25, 0.3) is 6.08 Å². The lowest BCUT2D eigenvalue weighted by molar-refractivity contribution is -0.131. The molecule has 0 spiro atoms. The molecule has 2 saturated heterocycles. The Balaban J connectivity index is 1.58. The first-order chi connectivity index (χ1) is 11.6. The maximum absolute atomic E-state index is 12.5. The number of hydrogen-bond acceptors (Lipinski definition) is 5. The van der Waals surface area contributed by atoms with Gasteiger partial charge in [0.1, 0.15) is 4.32 Å². The maximum Gasteiger partial charge on any atom is 0.266 e. The summed E-state index contributed by atoms with van der Waals surface area (Å²) < 4.78 is 0.548. The van der Waals surface area contributed by atoms with Crippen molar-refractivity contribution in [3.8, 4) is 0 Å². The maximum atomic E-state index is 12.5. The van der Waals surface area contributed by atoms with Crippen molar-refractivity contribution in [1.29, 1.82) is 0 Å². The molecular weight excluding hydrogens is 360 g/mol. The minimum atomic E-state index is -0.0814. The molecule has 2 aliphatic heterocycles. The molecule has 24 heavy (non-hydrogen) atoms. The normalized spacial score (nSPS) is 20.8. The van der Waals surface area contributed by atoms with Crippen molar-refractivity contribution in [3.63, 3.8) is 0 Å². The van der Waals surface area contributed by atoms with Crippen LogP contribution < -0.4 is 0 Å². The highest BCUT2D eigenvalue weighted by molar-refractivity contribution is 8.26. The summed E-state index contributed by atoms with van der Waals surface area (Å²) in [6.45, 7) is 2.06. The molecule has 0 unspecified atom stereocenters. The van der Waals surface area contributed by atoms with Gasteiger partial charge in [-0.2, -0.15) is 0 Å². The lowest BCUT2D eigenvalue weighted by Crippen LogP contribution is -2.36. The summed E-state index contributed by atoms with van der Waals surface area (Å²) >= 11 is 8.24. The summed E-state index contributed by atoms with van der Waals surface area (Å²) in [6, 6.07) is 3.93. The van der Waals surface area contributed by atoms with Crippen LogP contribution >= 0.6 is 35.3 Å². The molecule has 0 N–H and O–H groups in total. The molecule has 2 fully saturated rings. The lowest BCUT2D eigenvalue weighted by Gasteiger charge is -2.22. The summed E-state index contributed by atoms with van der Waals surface area (Å²) in [7, 11) is 0. The molecule has 0 radical (unpaired) electrons. The summed E-state index contributed by atoms with van der Waals surface area (Å²) in [5, 5.41) is 1.98. The number of rotatable bonds is 4. The molecule has 128 valence electrons. The average Bonchev–Trinajstić information content (AvgIpc) is 3.05. The third-order valence-electron chi connectivity index (χ3n) is 4.20. The highest BCUT2D eigenvalue weighted by Crippen LogP contribution is 2.33. The van der Waals surface area contributed by atoms with E-state index >= 15 is 0 Å². The van der Waals surface area contributed by atoms with E-state index in [2.05, 4.69) is 0 Å². The average molecular weight is 381 g/mol. The molecule has 0 bridgehead atoms. The molecule has 1 aromatic heterocycles. The number of carbonyl (C=O) groups is 2. The molecule has 3 heterocycles. The number of thiophene rings is 1. The number of hydrogen-bond donors (Lipinski definition) is 0. The van der Waals surface area contributed by atoms with Gasteiger partial charge >= 0.3 is 0 Å². The van der Waals surface area contributed by atoms with Crippen molar-refractivity contribution in [3.05, 3.63) is 27.3 Å². The van der Waals surface area contributed by atoms with Crippen LogP contribution in [0.15, 0.2) is 22.4 Å². The van der Waals surface area contributed by atoms with Crippen LogP contribution in [0, 0.1) is 0 Å². The van der Waals surface area contributed by atoms with Gasteiger partial charge in [0, 0.05) is 30.9 Å². The number of likely N-dealkylation sites (tertiary alicyclic amines) is 1. The zero-order chi connectivity index (χ0) is 16.9. The molecule has 0 aromatic carbocycles. The van der Waals surface area contributed by atoms with Gasteiger partial charge in [-0.15, -0.1) is 11.3 Å². The summed E-state index contributed by atoms with van der Waals surface area (Å²) in [6.07, 6.45) is 6.78. The van der Waals surface area contributed by atoms with Crippen LogP contribution in [0.4, 0.5) is 0 Å².